The number of hydrogen-bond acceptors (Lipinski definition) is 2. The molecular weight excluding hydrogens is 278 g/mol. The Balaban J connectivity index is 2.36. The molecule has 0 aliphatic heterocycles. The molecule has 1 aromatic rings. The molecule has 0 radical (unpaired) electrons. The molecule has 0 aliphatic rings. The zero-order chi connectivity index (χ0) is 12.3. The van der Waals surface area contributed by atoms with Gasteiger partial charge in [0, 0.05) is 18.1 Å². The van der Waals surface area contributed by atoms with E-state index in [-0.39, 0.29) is 0 Å². The summed E-state index contributed by atoms with van der Waals surface area (Å²) in [5, 5.41) is 1.01. The van der Waals surface area contributed by atoms with Crippen LogP contribution < -0.4 is 4.74 Å². The van der Waals surface area contributed by atoms with Gasteiger partial charge in [-0.3, -0.25) is 4.99 Å². The average molecular weight is 298 g/mol. The molecule has 0 saturated carbocycles. The molecule has 1 aromatic carbocycles. The zero-order valence-electron chi connectivity index (χ0n) is 10.4. The number of ether oxygens (including phenoxy) is 1. The van der Waals surface area contributed by atoms with E-state index in [4.69, 9.17) is 4.74 Å². The lowest BCUT2D eigenvalue weighted by molar-refractivity contribution is 0.309. The molecule has 3 heteroatoms. The Morgan fingerprint density at radius 2 is 2.00 bits per heavy atom. The van der Waals surface area contributed by atoms with Crippen LogP contribution in [0.1, 0.15) is 31.7 Å². The van der Waals surface area contributed by atoms with E-state index in [9.17, 15) is 0 Å². The predicted octanol–water partition coefficient (Wildman–Crippen LogP) is 4.07. The first kappa shape index (κ1) is 14.2. The molecule has 1 rings (SSSR count). The maximum atomic E-state index is 5.59. The van der Waals surface area contributed by atoms with Crippen LogP contribution in [0.3, 0.4) is 0 Å². The quantitative estimate of drug-likeness (QED) is 0.403. The highest BCUT2D eigenvalue weighted by Gasteiger charge is 1.93. The fourth-order valence-corrected chi connectivity index (χ4v) is 1.56. The number of hydrogen-bond donors (Lipinski definition) is 0. The van der Waals surface area contributed by atoms with E-state index in [1.54, 1.807) is 0 Å². The Morgan fingerprint density at radius 3 is 2.65 bits per heavy atom. The molecule has 0 aliphatic carbocycles. The minimum absolute atomic E-state index is 0.801. The van der Waals surface area contributed by atoms with E-state index < -0.39 is 0 Å². The maximum absolute atomic E-state index is 5.59. The van der Waals surface area contributed by atoms with Crippen molar-refractivity contribution in [3.05, 3.63) is 29.8 Å². The molecule has 0 N–H and O–H groups in total. The molecule has 0 saturated heterocycles. The van der Waals surface area contributed by atoms with Gasteiger partial charge >= 0.3 is 0 Å². The number of unbranched alkanes of at least 4 members (excludes halogenated alkanes) is 1. The van der Waals surface area contributed by atoms with Crippen LogP contribution in [0.2, 0.25) is 0 Å². The summed E-state index contributed by atoms with van der Waals surface area (Å²) in [6, 6.07) is 8.08. The highest BCUT2D eigenvalue weighted by molar-refractivity contribution is 9.09. The minimum Gasteiger partial charge on any atom is -0.494 e. The van der Waals surface area contributed by atoms with Crippen LogP contribution in [0.4, 0.5) is 0 Å². The van der Waals surface area contributed by atoms with Gasteiger partial charge in [0.05, 0.1) is 6.61 Å². The zero-order valence-corrected chi connectivity index (χ0v) is 11.9. The number of rotatable bonds is 8. The van der Waals surface area contributed by atoms with Crippen molar-refractivity contribution >= 4 is 22.1 Å². The summed E-state index contributed by atoms with van der Waals surface area (Å²) in [7, 11) is 0. The first-order valence-electron chi connectivity index (χ1n) is 6.15. The van der Waals surface area contributed by atoms with E-state index in [0.717, 1.165) is 49.1 Å². The average Bonchev–Trinajstić information content (AvgIpc) is 2.37. The first-order chi connectivity index (χ1) is 8.36. The van der Waals surface area contributed by atoms with E-state index in [1.807, 2.05) is 30.5 Å². The van der Waals surface area contributed by atoms with Crippen LogP contribution in [0.15, 0.2) is 29.3 Å². The summed E-state index contributed by atoms with van der Waals surface area (Å²) >= 11 is 3.38. The highest BCUT2D eigenvalue weighted by Crippen LogP contribution is 2.11. The lowest BCUT2D eigenvalue weighted by Gasteiger charge is -2.04. The van der Waals surface area contributed by atoms with Crippen molar-refractivity contribution in [2.75, 3.05) is 18.5 Å². The van der Waals surface area contributed by atoms with Crippen molar-refractivity contribution in [3.63, 3.8) is 0 Å². The molecule has 0 unspecified atom stereocenters. The summed E-state index contributed by atoms with van der Waals surface area (Å²) in [5.74, 6) is 0.941. The molecule has 2 nitrogen and oxygen atoms in total. The van der Waals surface area contributed by atoms with E-state index >= 15 is 0 Å². The Morgan fingerprint density at radius 1 is 1.24 bits per heavy atom. The Kier molecular flexibility index (Phi) is 7.72. The molecule has 0 bridgehead atoms. The van der Waals surface area contributed by atoms with Crippen molar-refractivity contribution < 1.29 is 4.74 Å². The third-order valence-electron chi connectivity index (χ3n) is 2.31. The van der Waals surface area contributed by atoms with Crippen LogP contribution in [0.5, 0.6) is 5.75 Å². The van der Waals surface area contributed by atoms with Crippen LogP contribution in [-0.2, 0) is 0 Å². The number of nitrogens with zero attached hydrogens (tertiary/aromatic N) is 1. The van der Waals surface area contributed by atoms with Gasteiger partial charge < -0.3 is 4.74 Å². The van der Waals surface area contributed by atoms with Gasteiger partial charge in [0.25, 0.3) is 0 Å². The van der Waals surface area contributed by atoms with Crippen LogP contribution in [-0.4, -0.2) is 24.7 Å². The molecule has 0 aromatic heterocycles. The standard InChI is InChI=1S/C14H20BrNO/c1-2-3-11-17-14-7-5-13(6-8-14)12-16-10-4-9-15/h5-8,12H,2-4,9-11H2,1H3. The Hall–Kier alpha value is -0.830. The highest BCUT2D eigenvalue weighted by atomic mass is 79.9. The lowest BCUT2D eigenvalue weighted by atomic mass is 10.2. The minimum atomic E-state index is 0.801. The normalized spacial score (nSPS) is 10.9. The van der Waals surface area contributed by atoms with E-state index in [1.165, 1.54) is 0 Å². The predicted molar refractivity (Wildman–Crippen MR) is 77.7 cm³/mol. The van der Waals surface area contributed by atoms with Gasteiger partial charge in [-0.15, -0.1) is 0 Å². The molecule has 0 atom stereocenters. The van der Waals surface area contributed by atoms with E-state index in [2.05, 4.69) is 27.8 Å². The lowest BCUT2D eigenvalue weighted by Crippen LogP contribution is -1.96. The summed E-state index contributed by atoms with van der Waals surface area (Å²) in [5.41, 5.74) is 1.13. The number of benzene rings is 1. The van der Waals surface area contributed by atoms with Crippen LogP contribution >= 0.6 is 15.9 Å². The van der Waals surface area contributed by atoms with Crippen molar-refractivity contribution in [2.24, 2.45) is 4.99 Å². The molecular formula is C14H20BrNO. The number of halogens is 1. The summed E-state index contributed by atoms with van der Waals surface area (Å²) in [4.78, 5) is 4.34. The van der Waals surface area contributed by atoms with Gasteiger partial charge in [0.1, 0.15) is 5.75 Å². The fourth-order valence-electron chi connectivity index (χ4n) is 1.31. The van der Waals surface area contributed by atoms with Gasteiger partial charge in [0.15, 0.2) is 0 Å². The first-order valence-corrected chi connectivity index (χ1v) is 7.27. The van der Waals surface area contributed by atoms with Gasteiger partial charge in [-0.2, -0.15) is 0 Å². The molecule has 0 amide bonds. The Labute approximate surface area is 112 Å². The van der Waals surface area contributed by atoms with Gasteiger partial charge in [-0.25, -0.2) is 0 Å². The fraction of sp³-hybridized carbons (Fsp3) is 0.500. The second-order valence-electron chi connectivity index (χ2n) is 3.85. The third-order valence-corrected chi connectivity index (χ3v) is 2.87. The molecule has 0 heterocycles. The number of aliphatic imine (C=N–C) groups is 1. The molecule has 17 heavy (non-hydrogen) atoms. The number of alkyl halides is 1. The largest absolute Gasteiger partial charge is 0.494 e. The maximum Gasteiger partial charge on any atom is 0.119 e. The summed E-state index contributed by atoms with van der Waals surface area (Å²) in [6.45, 7) is 3.84. The topological polar surface area (TPSA) is 21.6 Å². The summed E-state index contributed by atoms with van der Waals surface area (Å²) in [6.07, 6.45) is 5.27. The van der Waals surface area contributed by atoms with Gasteiger partial charge in [-0.05, 0) is 42.7 Å². The summed E-state index contributed by atoms with van der Waals surface area (Å²) < 4.78 is 5.59. The van der Waals surface area contributed by atoms with Crippen LogP contribution in [0, 0.1) is 0 Å². The van der Waals surface area contributed by atoms with Gasteiger partial charge in [0.2, 0.25) is 0 Å². The Bertz CT molecular complexity index is 321. The molecule has 94 valence electrons. The van der Waals surface area contributed by atoms with E-state index in [0.29, 0.717) is 0 Å². The van der Waals surface area contributed by atoms with Crippen molar-refractivity contribution in [1.29, 1.82) is 0 Å². The molecule has 0 spiro atoms. The second-order valence-corrected chi connectivity index (χ2v) is 4.64. The second kappa shape index (κ2) is 9.23. The third kappa shape index (κ3) is 6.47. The van der Waals surface area contributed by atoms with Gasteiger partial charge in [-0.1, -0.05) is 29.3 Å². The van der Waals surface area contributed by atoms with Crippen molar-refractivity contribution in [3.8, 4) is 5.75 Å². The monoisotopic (exact) mass is 297 g/mol. The van der Waals surface area contributed by atoms with Crippen LogP contribution in [0.25, 0.3) is 0 Å². The molecule has 0 fully saturated rings. The van der Waals surface area contributed by atoms with Crippen molar-refractivity contribution in [2.45, 2.75) is 26.2 Å². The smallest absolute Gasteiger partial charge is 0.119 e. The van der Waals surface area contributed by atoms with Crippen molar-refractivity contribution in [1.82, 2.24) is 0 Å². The SMILES string of the molecule is CCCCOc1ccc(C=NCCCBr)cc1.